The maximum absolute atomic E-state index is 9.10. The fraction of sp³-hybridized carbons (Fsp3) is 0.500. The number of aliphatic hydroxyl groups is 1. The van der Waals surface area contributed by atoms with Crippen molar-refractivity contribution >= 4 is 11.6 Å². The van der Waals surface area contributed by atoms with Crippen LogP contribution in [0.2, 0.25) is 5.02 Å². The lowest BCUT2D eigenvalue weighted by Crippen LogP contribution is -2.34. The Hall–Kier alpha value is -0.570. The summed E-state index contributed by atoms with van der Waals surface area (Å²) in [6, 6.07) is 8.08. The van der Waals surface area contributed by atoms with Crippen molar-refractivity contribution in [3.63, 3.8) is 0 Å². The zero-order chi connectivity index (χ0) is 11.3. The molecule has 15 heavy (non-hydrogen) atoms. The minimum Gasteiger partial charge on any atom is -0.395 e. The van der Waals surface area contributed by atoms with Gasteiger partial charge in [-0.2, -0.15) is 0 Å². The Morgan fingerprint density at radius 2 is 2.07 bits per heavy atom. The second-order valence-electron chi connectivity index (χ2n) is 3.70. The molecule has 2 atom stereocenters. The summed E-state index contributed by atoms with van der Waals surface area (Å²) in [5, 5.41) is 13.2. The average molecular weight is 228 g/mol. The van der Waals surface area contributed by atoms with E-state index < -0.39 is 0 Å². The molecule has 1 rings (SSSR count). The second-order valence-corrected chi connectivity index (χ2v) is 4.10. The number of rotatable bonds is 5. The molecule has 0 aliphatic carbocycles. The van der Waals surface area contributed by atoms with E-state index in [9.17, 15) is 0 Å². The summed E-state index contributed by atoms with van der Waals surface area (Å²) in [6.45, 7) is 4.26. The van der Waals surface area contributed by atoms with Crippen molar-refractivity contribution in [1.82, 2.24) is 5.32 Å². The van der Waals surface area contributed by atoms with Crippen molar-refractivity contribution in [2.24, 2.45) is 0 Å². The second kappa shape index (κ2) is 6.11. The van der Waals surface area contributed by atoms with E-state index in [1.165, 1.54) is 0 Å². The number of nitrogens with one attached hydrogen (secondary N) is 1. The van der Waals surface area contributed by atoms with Gasteiger partial charge in [-0.1, -0.05) is 36.7 Å². The highest BCUT2D eigenvalue weighted by atomic mass is 35.5. The topological polar surface area (TPSA) is 32.3 Å². The minimum atomic E-state index is 0.135. The number of hydrogen-bond acceptors (Lipinski definition) is 2. The summed E-state index contributed by atoms with van der Waals surface area (Å²) in [6.07, 6.45) is 0.908. The third-order valence-corrected chi connectivity index (χ3v) is 2.91. The van der Waals surface area contributed by atoms with E-state index in [-0.39, 0.29) is 18.7 Å². The molecule has 2 nitrogen and oxygen atoms in total. The number of benzene rings is 1. The SMILES string of the molecule is CC[C@@H](CO)NC(C)c1ccccc1Cl. The lowest BCUT2D eigenvalue weighted by molar-refractivity contribution is 0.230. The fourth-order valence-corrected chi connectivity index (χ4v) is 1.87. The van der Waals surface area contributed by atoms with E-state index in [2.05, 4.69) is 12.2 Å². The average Bonchev–Trinajstić information content (AvgIpc) is 2.26. The Bertz CT molecular complexity index is 299. The van der Waals surface area contributed by atoms with Gasteiger partial charge in [-0.15, -0.1) is 0 Å². The summed E-state index contributed by atoms with van der Waals surface area (Å²) in [4.78, 5) is 0. The van der Waals surface area contributed by atoms with Crippen LogP contribution >= 0.6 is 11.6 Å². The molecule has 1 aromatic carbocycles. The zero-order valence-electron chi connectivity index (χ0n) is 9.20. The largest absolute Gasteiger partial charge is 0.395 e. The first-order valence-electron chi connectivity index (χ1n) is 5.30. The summed E-state index contributed by atoms with van der Waals surface area (Å²) >= 11 is 6.09. The molecule has 2 N–H and O–H groups in total. The molecule has 0 amide bonds. The molecule has 0 aliphatic rings. The van der Waals surface area contributed by atoms with Crippen molar-refractivity contribution in [2.45, 2.75) is 32.4 Å². The molecule has 3 heteroatoms. The van der Waals surface area contributed by atoms with E-state index >= 15 is 0 Å². The molecule has 0 saturated heterocycles. The first-order valence-corrected chi connectivity index (χ1v) is 5.68. The first-order chi connectivity index (χ1) is 7.19. The van der Waals surface area contributed by atoms with Crippen molar-refractivity contribution in [3.05, 3.63) is 34.9 Å². The maximum Gasteiger partial charge on any atom is 0.0584 e. The third-order valence-electron chi connectivity index (χ3n) is 2.57. The Morgan fingerprint density at radius 3 is 2.60 bits per heavy atom. The van der Waals surface area contributed by atoms with Crippen LogP contribution in [0.3, 0.4) is 0 Å². The Kier molecular flexibility index (Phi) is 5.09. The van der Waals surface area contributed by atoms with Gasteiger partial charge in [0.2, 0.25) is 0 Å². The minimum absolute atomic E-state index is 0.135. The molecule has 1 unspecified atom stereocenters. The quantitative estimate of drug-likeness (QED) is 0.811. The van der Waals surface area contributed by atoms with Crippen molar-refractivity contribution < 1.29 is 5.11 Å². The Balaban J connectivity index is 2.68. The number of aliphatic hydroxyl groups excluding tert-OH is 1. The van der Waals surface area contributed by atoms with Gasteiger partial charge < -0.3 is 10.4 Å². The zero-order valence-corrected chi connectivity index (χ0v) is 9.96. The molecule has 0 saturated carbocycles. The lowest BCUT2D eigenvalue weighted by atomic mass is 10.1. The fourth-order valence-electron chi connectivity index (χ4n) is 1.57. The van der Waals surface area contributed by atoms with Gasteiger partial charge in [0.25, 0.3) is 0 Å². The maximum atomic E-state index is 9.10. The number of hydrogen-bond donors (Lipinski definition) is 2. The van der Waals surface area contributed by atoms with Crippen LogP contribution in [0.15, 0.2) is 24.3 Å². The van der Waals surface area contributed by atoms with Crippen LogP contribution in [0, 0.1) is 0 Å². The van der Waals surface area contributed by atoms with Crippen molar-refractivity contribution in [2.75, 3.05) is 6.61 Å². The van der Waals surface area contributed by atoms with Crippen LogP contribution in [0.25, 0.3) is 0 Å². The Morgan fingerprint density at radius 1 is 1.40 bits per heavy atom. The number of halogens is 1. The van der Waals surface area contributed by atoms with Gasteiger partial charge in [0.05, 0.1) is 6.61 Å². The molecule has 0 aliphatic heterocycles. The lowest BCUT2D eigenvalue weighted by Gasteiger charge is -2.21. The summed E-state index contributed by atoms with van der Waals surface area (Å²) in [5.41, 5.74) is 1.08. The predicted molar refractivity (Wildman–Crippen MR) is 64.2 cm³/mol. The predicted octanol–water partition coefficient (Wildman–Crippen LogP) is 2.76. The molecule has 0 radical (unpaired) electrons. The van der Waals surface area contributed by atoms with E-state index in [0.717, 1.165) is 17.0 Å². The van der Waals surface area contributed by atoms with E-state index in [4.69, 9.17) is 16.7 Å². The molecule has 0 aromatic heterocycles. The van der Waals surface area contributed by atoms with Crippen LogP contribution in [0.5, 0.6) is 0 Å². The van der Waals surface area contributed by atoms with Gasteiger partial charge in [-0.3, -0.25) is 0 Å². The van der Waals surface area contributed by atoms with Crippen LogP contribution in [0.1, 0.15) is 31.9 Å². The van der Waals surface area contributed by atoms with Gasteiger partial charge in [-0.05, 0) is 25.0 Å². The Labute approximate surface area is 96.3 Å². The summed E-state index contributed by atoms with van der Waals surface area (Å²) < 4.78 is 0. The highest BCUT2D eigenvalue weighted by Crippen LogP contribution is 2.22. The van der Waals surface area contributed by atoms with Crippen molar-refractivity contribution in [3.8, 4) is 0 Å². The molecule has 0 heterocycles. The summed E-state index contributed by atoms with van der Waals surface area (Å²) in [5.74, 6) is 0. The standard InChI is InChI=1S/C12H18ClNO/c1-3-10(8-15)14-9(2)11-6-4-5-7-12(11)13/h4-7,9-10,14-15H,3,8H2,1-2H3/t9?,10-/m0/s1. The first kappa shape index (κ1) is 12.5. The normalized spacial score (nSPS) is 14.9. The van der Waals surface area contributed by atoms with Gasteiger partial charge >= 0.3 is 0 Å². The molecule has 84 valence electrons. The van der Waals surface area contributed by atoms with Gasteiger partial charge in [0.15, 0.2) is 0 Å². The van der Waals surface area contributed by atoms with Crippen LogP contribution in [-0.2, 0) is 0 Å². The molecular weight excluding hydrogens is 210 g/mol. The van der Waals surface area contributed by atoms with Crippen LogP contribution < -0.4 is 5.32 Å². The molecule has 1 aromatic rings. The van der Waals surface area contributed by atoms with Gasteiger partial charge in [0.1, 0.15) is 0 Å². The van der Waals surface area contributed by atoms with Crippen LogP contribution in [0.4, 0.5) is 0 Å². The third kappa shape index (κ3) is 3.49. The van der Waals surface area contributed by atoms with E-state index in [1.54, 1.807) is 0 Å². The molecular formula is C12H18ClNO. The highest BCUT2D eigenvalue weighted by molar-refractivity contribution is 6.31. The molecule has 0 spiro atoms. The highest BCUT2D eigenvalue weighted by Gasteiger charge is 2.12. The molecule has 0 fully saturated rings. The van der Waals surface area contributed by atoms with E-state index in [1.807, 2.05) is 31.2 Å². The van der Waals surface area contributed by atoms with E-state index in [0.29, 0.717) is 0 Å². The molecule has 0 bridgehead atoms. The van der Waals surface area contributed by atoms with Crippen molar-refractivity contribution in [1.29, 1.82) is 0 Å². The van der Waals surface area contributed by atoms with Crippen LogP contribution in [-0.4, -0.2) is 17.8 Å². The summed E-state index contributed by atoms with van der Waals surface area (Å²) in [7, 11) is 0. The van der Waals surface area contributed by atoms with Gasteiger partial charge in [0, 0.05) is 17.1 Å². The van der Waals surface area contributed by atoms with Gasteiger partial charge in [-0.25, -0.2) is 0 Å². The smallest absolute Gasteiger partial charge is 0.0584 e. The monoisotopic (exact) mass is 227 g/mol.